The van der Waals surface area contributed by atoms with Crippen LogP contribution in [0.2, 0.25) is 5.02 Å². The van der Waals surface area contributed by atoms with Gasteiger partial charge in [0, 0.05) is 4.47 Å². The number of H-pyrrole nitrogens is 2. The molecule has 3 aromatic rings. The molecule has 1 amide bonds. The number of hydrogen-bond acceptors (Lipinski definition) is 4. The van der Waals surface area contributed by atoms with Gasteiger partial charge in [0.2, 0.25) is 0 Å². The molecule has 2 aromatic carbocycles. The first-order chi connectivity index (χ1) is 12.3. The molecule has 0 spiro atoms. The summed E-state index contributed by atoms with van der Waals surface area (Å²) in [5, 5.41) is 2.41. The normalized spacial score (nSPS) is 10.7. The van der Waals surface area contributed by atoms with Crippen molar-refractivity contribution in [2.24, 2.45) is 0 Å². The van der Waals surface area contributed by atoms with Crippen molar-refractivity contribution >= 4 is 56.1 Å². The molecule has 0 aliphatic rings. The van der Waals surface area contributed by atoms with E-state index in [9.17, 15) is 18.8 Å². The van der Waals surface area contributed by atoms with Crippen molar-refractivity contribution in [1.82, 2.24) is 9.97 Å². The lowest BCUT2D eigenvalue weighted by Crippen LogP contribution is -2.21. The Labute approximate surface area is 158 Å². The van der Waals surface area contributed by atoms with E-state index in [1.54, 1.807) is 6.07 Å². The molecule has 0 saturated carbocycles. The number of ether oxygens (including phenoxy) is 1. The van der Waals surface area contributed by atoms with E-state index in [2.05, 4.69) is 31.2 Å². The Bertz CT molecular complexity index is 1060. The van der Waals surface area contributed by atoms with Gasteiger partial charge in [0.05, 0.1) is 21.7 Å². The second kappa shape index (κ2) is 7.30. The third-order valence-electron chi connectivity index (χ3n) is 3.38. The van der Waals surface area contributed by atoms with Gasteiger partial charge < -0.3 is 20.0 Å². The number of carbonyl (C=O) groups excluding carboxylic acids is 2. The molecule has 1 heterocycles. The van der Waals surface area contributed by atoms with Gasteiger partial charge in [-0.15, -0.1) is 0 Å². The summed E-state index contributed by atoms with van der Waals surface area (Å²) in [7, 11) is 0. The number of anilines is 1. The second-order valence-electron chi connectivity index (χ2n) is 5.18. The summed E-state index contributed by atoms with van der Waals surface area (Å²) >= 11 is 9.03. The van der Waals surface area contributed by atoms with Crippen molar-refractivity contribution in [3.8, 4) is 0 Å². The molecule has 3 rings (SSSR count). The van der Waals surface area contributed by atoms with Gasteiger partial charge in [-0.2, -0.15) is 0 Å². The van der Waals surface area contributed by atoms with Crippen molar-refractivity contribution in [1.29, 1.82) is 0 Å². The number of hydrogen-bond donors (Lipinski definition) is 3. The fourth-order valence-electron chi connectivity index (χ4n) is 2.23. The van der Waals surface area contributed by atoms with Gasteiger partial charge in [0.15, 0.2) is 6.61 Å². The number of nitrogens with one attached hydrogen (secondary N) is 3. The lowest BCUT2D eigenvalue weighted by molar-refractivity contribution is -0.119. The maximum absolute atomic E-state index is 13.7. The smallest absolute Gasteiger partial charge is 0.343 e. The van der Waals surface area contributed by atoms with Crippen LogP contribution in [0.1, 0.15) is 10.4 Å². The summed E-state index contributed by atoms with van der Waals surface area (Å²) in [6.45, 7) is -0.641. The van der Waals surface area contributed by atoms with Crippen LogP contribution < -0.4 is 11.0 Å². The number of rotatable bonds is 4. The first kappa shape index (κ1) is 18.2. The molecule has 0 atom stereocenters. The standard InChI is InChI=1S/C16H10BrClFN3O4/c17-7-4-11-12(22-16(25)21-11)5-10(7)20-13(23)6-26-15(24)14-8(18)2-1-3-9(14)19/h1-5H,6H2,(H,20,23)(H2,21,22,25). The molecule has 3 N–H and O–H groups in total. The predicted molar refractivity (Wildman–Crippen MR) is 96.9 cm³/mol. The van der Waals surface area contributed by atoms with E-state index in [1.165, 1.54) is 18.2 Å². The fraction of sp³-hybridized carbons (Fsp3) is 0.0625. The van der Waals surface area contributed by atoms with Crippen LogP contribution >= 0.6 is 27.5 Å². The molecule has 0 radical (unpaired) electrons. The average molecular weight is 443 g/mol. The topological polar surface area (TPSA) is 104 Å². The van der Waals surface area contributed by atoms with Gasteiger partial charge in [0.1, 0.15) is 11.4 Å². The second-order valence-corrected chi connectivity index (χ2v) is 6.44. The van der Waals surface area contributed by atoms with E-state index in [0.29, 0.717) is 21.2 Å². The minimum atomic E-state index is -1.05. The minimum Gasteiger partial charge on any atom is -0.452 e. The van der Waals surface area contributed by atoms with Crippen LogP contribution in [0.4, 0.5) is 10.1 Å². The Kier molecular flexibility index (Phi) is 5.10. The van der Waals surface area contributed by atoms with Crippen LogP contribution in [0.15, 0.2) is 39.6 Å². The third kappa shape index (κ3) is 3.78. The molecule has 134 valence electrons. The molecule has 0 aliphatic carbocycles. The minimum absolute atomic E-state index is 0.111. The number of imidazole rings is 1. The molecular weight excluding hydrogens is 433 g/mol. The molecule has 7 nitrogen and oxygen atoms in total. The summed E-state index contributed by atoms with van der Waals surface area (Å²) in [5.41, 5.74) is 0.586. The molecule has 0 unspecified atom stereocenters. The van der Waals surface area contributed by atoms with Crippen molar-refractivity contribution in [3.05, 3.63) is 61.7 Å². The SMILES string of the molecule is O=C(COC(=O)c1c(F)cccc1Cl)Nc1cc2[nH]c(=O)[nH]c2cc1Br. The summed E-state index contributed by atoms with van der Waals surface area (Å²) < 4.78 is 19.0. The highest BCUT2D eigenvalue weighted by Gasteiger charge is 2.18. The third-order valence-corrected chi connectivity index (χ3v) is 4.35. The zero-order valence-electron chi connectivity index (χ0n) is 12.9. The highest BCUT2D eigenvalue weighted by Crippen LogP contribution is 2.26. The highest BCUT2D eigenvalue weighted by atomic mass is 79.9. The maximum Gasteiger partial charge on any atom is 0.343 e. The Balaban J connectivity index is 1.68. The highest BCUT2D eigenvalue weighted by molar-refractivity contribution is 9.10. The van der Waals surface area contributed by atoms with Crippen molar-refractivity contribution in [2.45, 2.75) is 0 Å². The largest absolute Gasteiger partial charge is 0.452 e. The number of aromatic nitrogens is 2. The first-order valence-electron chi connectivity index (χ1n) is 7.17. The van der Waals surface area contributed by atoms with Gasteiger partial charge in [-0.25, -0.2) is 14.0 Å². The maximum atomic E-state index is 13.7. The van der Waals surface area contributed by atoms with E-state index in [-0.39, 0.29) is 10.7 Å². The fourth-order valence-corrected chi connectivity index (χ4v) is 2.92. The molecule has 0 aliphatic heterocycles. The Morgan fingerprint density at radius 1 is 1.23 bits per heavy atom. The van der Waals surface area contributed by atoms with Gasteiger partial charge in [0.25, 0.3) is 5.91 Å². The Morgan fingerprint density at radius 3 is 2.62 bits per heavy atom. The van der Waals surface area contributed by atoms with E-state index < -0.39 is 29.9 Å². The number of fused-ring (bicyclic) bond motifs is 1. The summed E-state index contributed by atoms with van der Waals surface area (Å²) in [6.07, 6.45) is 0. The van der Waals surface area contributed by atoms with E-state index in [4.69, 9.17) is 16.3 Å². The summed E-state index contributed by atoms with van der Waals surface area (Å²) in [5.74, 6) is -2.54. The van der Waals surface area contributed by atoms with E-state index >= 15 is 0 Å². The van der Waals surface area contributed by atoms with Crippen molar-refractivity contribution < 1.29 is 18.7 Å². The average Bonchev–Trinajstić information content (AvgIpc) is 2.92. The zero-order valence-corrected chi connectivity index (χ0v) is 15.2. The summed E-state index contributed by atoms with van der Waals surface area (Å²) in [4.78, 5) is 40.3. The molecule has 0 bridgehead atoms. The molecular formula is C16H10BrClFN3O4. The monoisotopic (exact) mass is 441 g/mol. The predicted octanol–water partition coefficient (Wildman–Crippen LogP) is 3.21. The van der Waals surface area contributed by atoms with E-state index in [1.807, 2.05) is 0 Å². The number of carbonyl (C=O) groups is 2. The molecule has 0 saturated heterocycles. The van der Waals surface area contributed by atoms with Gasteiger partial charge >= 0.3 is 11.7 Å². The van der Waals surface area contributed by atoms with Gasteiger partial charge in [-0.05, 0) is 40.2 Å². The van der Waals surface area contributed by atoms with Crippen LogP contribution in [0.3, 0.4) is 0 Å². The number of aromatic amines is 2. The Hall–Kier alpha value is -2.65. The van der Waals surface area contributed by atoms with Crippen molar-refractivity contribution in [3.63, 3.8) is 0 Å². The van der Waals surface area contributed by atoms with Crippen LogP contribution in [0.25, 0.3) is 11.0 Å². The van der Waals surface area contributed by atoms with Gasteiger partial charge in [-0.1, -0.05) is 17.7 Å². The number of benzene rings is 2. The lowest BCUT2D eigenvalue weighted by Gasteiger charge is -2.09. The molecule has 10 heteroatoms. The lowest BCUT2D eigenvalue weighted by atomic mass is 10.2. The number of esters is 1. The zero-order chi connectivity index (χ0) is 18.8. The first-order valence-corrected chi connectivity index (χ1v) is 8.35. The van der Waals surface area contributed by atoms with Gasteiger partial charge in [-0.3, -0.25) is 4.79 Å². The quantitative estimate of drug-likeness (QED) is 0.540. The number of amides is 1. The van der Waals surface area contributed by atoms with Crippen LogP contribution in [0, 0.1) is 5.82 Å². The summed E-state index contributed by atoms with van der Waals surface area (Å²) in [6, 6.07) is 6.89. The van der Waals surface area contributed by atoms with Crippen molar-refractivity contribution in [2.75, 3.05) is 11.9 Å². The molecule has 0 fully saturated rings. The van der Waals surface area contributed by atoms with Crippen LogP contribution in [-0.4, -0.2) is 28.5 Å². The Morgan fingerprint density at radius 2 is 1.92 bits per heavy atom. The molecule has 26 heavy (non-hydrogen) atoms. The van der Waals surface area contributed by atoms with E-state index in [0.717, 1.165) is 6.07 Å². The number of halogens is 3. The molecule has 1 aromatic heterocycles. The van der Waals surface area contributed by atoms with Crippen LogP contribution in [0.5, 0.6) is 0 Å². The van der Waals surface area contributed by atoms with Crippen LogP contribution in [-0.2, 0) is 9.53 Å².